The van der Waals surface area contributed by atoms with Crippen LogP contribution in [0.3, 0.4) is 0 Å². The molecule has 0 spiro atoms. The van der Waals surface area contributed by atoms with Crippen LogP contribution in [0.4, 0.5) is 4.39 Å². The van der Waals surface area contributed by atoms with Crippen LogP contribution >= 0.6 is 11.8 Å². The van der Waals surface area contributed by atoms with Crippen LogP contribution in [0.15, 0.2) is 82.7 Å². The Morgan fingerprint density at radius 1 is 0.939 bits per heavy atom. The highest BCUT2D eigenvalue weighted by Crippen LogP contribution is 2.26. The molecule has 166 valence electrons. The van der Waals surface area contributed by atoms with E-state index in [1.165, 1.54) is 22.4 Å². The monoisotopic (exact) mass is 459 g/mol. The van der Waals surface area contributed by atoms with E-state index in [9.17, 15) is 14.0 Å². The fraction of sp³-hybridized carbons (Fsp3) is 0.192. The second-order valence-corrected chi connectivity index (χ2v) is 8.93. The Hall–Kier alpha value is -3.45. The predicted octanol–water partition coefficient (Wildman–Crippen LogP) is 5.05. The van der Waals surface area contributed by atoms with Crippen molar-refractivity contribution < 1.29 is 9.18 Å². The Labute approximate surface area is 194 Å². The molecule has 0 N–H and O–H groups in total. The third-order valence-corrected chi connectivity index (χ3v) is 6.81. The molecule has 1 aliphatic rings. The lowest BCUT2D eigenvalue weighted by Gasteiger charge is -2.15. The molecule has 4 aromatic rings. The van der Waals surface area contributed by atoms with Crippen LogP contribution in [0, 0.1) is 5.82 Å². The van der Waals surface area contributed by atoms with Gasteiger partial charge in [0.2, 0.25) is 0 Å². The molecule has 0 radical (unpaired) electrons. The van der Waals surface area contributed by atoms with Gasteiger partial charge in [-0.25, -0.2) is 9.37 Å². The summed E-state index contributed by atoms with van der Waals surface area (Å²) < 4.78 is 16.0. The highest BCUT2D eigenvalue weighted by atomic mass is 32.2. The fourth-order valence-corrected chi connectivity index (χ4v) is 5.01. The van der Waals surface area contributed by atoms with E-state index < -0.39 is 5.82 Å². The SMILES string of the molecule is O=C(c1ccc(CSc2nc3ccccc3c(=O)n2-c2ccccc2F)cc1)N1CCCC1. The van der Waals surface area contributed by atoms with E-state index in [-0.39, 0.29) is 17.2 Å². The van der Waals surface area contributed by atoms with Crippen molar-refractivity contribution in [1.29, 1.82) is 0 Å². The number of thioether (sulfide) groups is 1. The number of carbonyl (C=O) groups is 1. The molecule has 0 saturated carbocycles. The van der Waals surface area contributed by atoms with Crippen molar-refractivity contribution in [3.8, 4) is 5.69 Å². The molecule has 2 heterocycles. The van der Waals surface area contributed by atoms with Gasteiger partial charge in [0, 0.05) is 24.4 Å². The van der Waals surface area contributed by atoms with Crippen molar-refractivity contribution in [1.82, 2.24) is 14.5 Å². The second-order valence-electron chi connectivity index (χ2n) is 7.99. The van der Waals surface area contributed by atoms with Crippen LogP contribution in [-0.2, 0) is 5.75 Å². The average Bonchev–Trinajstić information content (AvgIpc) is 3.39. The van der Waals surface area contributed by atoms with Gasteiger partial charge in [-0.15, -0.1) is 0 Å². The van der Waals surface area contributed by atoms with E-state index in [1.54, 1.807) is 36.4 Å². The quantitative estimate of drug-likeness (QED) is 0.310. The van der Waals surface area contributed by atoms with Crippen LogP contribution in [0.2, 0.25) is 0 Å². The van der Waals surface area contributed by atoms with Crippen LogP contribution in [0.1, 0.15) is 28.8 Å². The summed E-state index contributed by atoms with van der Waals surface area (Å²) in [6.45, 7) is 1.63. The van der Waals surface area contributed by atoms with Crippen molar-refractivity contribution in [2.75, 3.05) is 13.1 Å². The van der Waals surface area contributed by atoms with Gasteiger partial charge in [0.15, 0.2) is 5.16 Å². The van der Waals surface area contributed by atoms with Gasteiger partial charge in [0.25, 0.3) is 11.5 Å². The number of rotatable bonds is 5. The maximum absolute atomic E-state index is 14.6. The first-order chi connectivity index (χ1) is 16.1. The lowest BCUT2D eigenvalue weighted by Crippen LogP contribution is -2.27. The van der Waals surface area contributed by atoms with Gasteiger partial charge in [0.05, 0.1) is 16.6 Å². The number of aromatic nitrogens is 2. The van der Waals surface area contributed by atoms with Crippen molar-refractivity contribution in [3.05, 3.63) is 100 Å². The Bertz CT molecular complexity index is 1380. The van der Waals surface area contributed by atoms with Crippen LogP contribution in [-0.4, -0.2) is 33.4 Å². The number of hydrogen-bond acceptors (Lipinski definition) is 4. The Balaban J connectivity index is 1.45. The zero-order valence-corrected chi connectivity index (χ0v) is 18.7. The van der Waals surface area contributed by atoms with E-state index in [2.05, 4.69) is 4.98 Å². The highest BCUT2D eigenvalue weighted by Gasteiger charge is 2.19. The smallest absolute Gasteiger partial charge is 0.266 e. The van der Waals surface area contributed by atoms with Gasteiger partial charge in [-0.2, -0.15) is 0 Å². The van der Waals surface area contributed by atoms with Gasteiger partial charge in [-0.3, -0.25) is 14.2 Å². The second kappa shape index (κ2) is 9.19. The number of likely N-dealkylation sites (tertiary alicyclic amines) is 1. The molecule has 1 fully saturated rings. The molecule has 0 bridgehead atoms. The van der Waals surface area contributed by atoms with Gasteiger partial charge >= 0.3 is 0 Å². The number of amides is 1. The molecule has 0 atom stereocenters. The summed E-state index contributed by atoms with van der Waals surface area (Å²) in [4.78, 5) is 32.4. The molecule has 1 aromatic heterocycles. The van der Waals surface area contributed by atoms with E-state index in [1.807, 2.05) is 35.2 Å². The number of hydrogen-bond donors (Lipinski definition) is 0. The normalized spacial score (nSPS) is 13.5. The van der Waals surface area contributed by atoms with E-state index >= 15 is 0 Å². The fourth-order valence-electron chi connectivity index (χ4n) is 4.05. The minimum Gasteiger partial charge on any atom is -0.339 e. The zero-order chi connectivity index (χ0) is 22.8. The van der Waals surface area contributed by atoms with Gasteiger partial charge in [-0.1, -0.05) is 48.2 Å². The number of halogens is 1. The molecule has 0 unspecified atom stereocenters. The Kier molecular flexibility index (Phi) is 5.96. The molecule has 33 heavy (non-hydrogen) atoms. The van der Waals surface area contributed by atoms with Crippen LogP contribution < -0.4 is 5.56 Å². The lowest BCUT2D eigenvalue weighted by atomic mass is 10.1. The first-order valence-electron chi connectivity index (χ1n) is 10.9. The molecule has 5 rings (SSSR count). The van der Waals surface area contributed by atoms with Gasteiger partial charge in [-0.05, 0) is 54.8 Å². The maximum atomic E-state index is 14.6. The standard InChI is InChI=1S/C26H22FN3O2S/c27-21-8-2-4-10-23(21)30-25(32)20-7-1-3-9-22(20)28-26(30)33-17-18-11-13-19(14-12-18)24(31)29-15-5-6-16-29/h1-4,7-14H,5-6,15-17H2. The molecular weight excluding hydrogens is 437 g/mol. The topological polar surface area (TPSA) is 55.2 Å². The first kappa shape index (κ1) is 21.4. The van der Waals surface area contributed by atoms with Crippen LogP contribution in [0.25, 0.3) is 16.6 Å². The summed E-state index contributed by atoms with van der Waals surface area (Å²) in [6, 6.07) is 20.8. The van der Waals surface area contributed by atoms with E-state index in [4.69, 9.17) is 0 Å². The summed E-state index contributed by atoms with van der Waals surface area (Å²) in [5, 5.41) is 0.857. The third-order valence-electron chi connectivity index (χ3n) is 5.80. The lowest BCUT2D eigenvalue weighted by molar-refractivity contribution is 0.0793. The minimum atomic E-state index is -0.483. The summed E-state index contributed by atoms with van der Waals surface area (Å²) in [7, 11) is 0. The summed E-state index contributed by atoms with van der Waals surface area (Å²) in [6.07, 6.45) is 2.12. The molecule has 1 aliphatic heterocycles. The molecule has 1 amide bonds. The van der Waals surface area contributed by atoms with E-state index in [0.29, 0.717) is 27.4 Å². The molecule has 7 heteroatoms. The number of carbonyl (C=O) groups excluding carboxylic acids is 1. The van der Waals surface area contributed by atoms with Crippen molar-refractivity contribution in [3.63, 3.8) is 0 Å². The predicted molar refractivity (Wildman–Crippen MR) is 128 cm³/mol. The Morgan fingerprint density at radius 2 is 1.64 bits per heavy atom. The average molecular weight is 460 g/mol. The number of benzene rings is 3. The van der Waals surface area contributed by atoms with Crippen molar-refractivity contribution in [2.45, 2.75) is 23.8 Å². The number of nitrogens with zero attached hydrogens (tertiary/aromatic N) is 3. The van der Waals surface area contributed by atoms with Gasteiger partial charge < -0.3 is 4.90 Å². The Morgan fingerprint density at radius 3 is 2.39 bits per heavy atom. The largest absolute Gasteiger partial charge is 0.339 e. The van der Waals surface area contributed by atoms with Crippen molar-refractivity contribution in [2.24, 2.45) is 0 Å². The number of fused-ring (bicyclic) bond motifs is 1. The summed E-state index contributed by atoms with van der Waals surface area (Å²) in [5.74, 6) is 0.108. The minimum absolute atomic E-state index is 0.0660. The molecule has 1 saturated heterocycles. The number of para-hydroxylation sites is 2. The zero-order valence-electron chi connectivity index (χ0n) is 17.9. The molecule has 5 nitrogen and oxygen atoms in total. The van der Waals surface area contributed by atoms with Gasteiger partial charge in [0.1, 0.15) is 5.82 Å². The summed E-state index contributed by atoms with van der Waals surface area (Å²) >= 11 is 1.36. The highest BCUT2D eigenvalue weighted by molar-refractivity contribution is 7.98. The third kappa shape index (κ3) is 4.28. The molecule has 0 aliphatic carbocycles. The summed E-state index contributed by atoms with van der Waals surface area (Å²) in [5.41, 5.74) is 2.11. The van der Waals surface area contributed by atoms with Crippen molar-refractivity contribution >= 4 is 28.6 Å². The first-order valence-corrected chi connectivity index (χ1v) is 11.9. The molecular formula is C26H22FN3O2S. The molecule has 3 aromatic carbocycles. The maximum Gasteiger partial charge on any atom is 0.266 e. The van der Waals surface area contributed by atoms with Crippen LogP contribution in [0.5, 0.6) is 0 Å². The van der Waals surface area contributed by atoms with E-state index in [0.717, 1.165) is 31.5 Å².